The maximum absolute atomic E-state index is 9.00. The Morgan fingerprint density at radius 2 is 1.23 bits per heavy atom. The first-order valence-electron chi connectivity index (χ1n) is 25.5. The number of nitrogens with zero attached hydrogens (tertiary/aromatic N) is 4. The summed E-state index contributed by atoms with van der Waals surface area (Å²) in [6.45, 7) is 6.51. The Bertz CT molecular complexity index is 4030. The van der Waals surface area contributed by atoms with E-state index in [0.29, 0.717) is 56.2 Å². The van der Waals surface area contributed by atoms with E-state index in [1.807, 2.05) is 72.9 Å². The molecule has 8 aromatic carbocycles. The fourth-order valence-electron chi connectivity index (χ4n) is 8.23. The molecule has 0 spiro atoms. The SMILES string of the molecule is [2H]c1c([2H])c([2H])c(-c2ccccc2-c2cccc3c2[n+](-c2ccccc2-c2c([2H])c([2H])c([2H])c([2H])c2[2H])[c-]n3-c2[c-]c(Oc3[c-]c4c(cc3)c3ccccc3n4-c3cc(C(C)(C)C)ccn3)ccc2)c([2H])c1[2H].[Pt]. The van der Waals surface area contributed by atoms with Crippen LogP contribution in [-0.4, -0.2) is 14.1 Å². The van der Waals surface area contributed by atoms with Crippen LogP contribution in [0.4, 0.5) is 0 Å². The third-order valence-corrected chi connectivity index (χ3v) is 11.2. The molecule has 0 amide bonds. The molecule has 0 saturated carbocycles. The molecule has 6 heteroatoms. The second kappa shape index (κ2) is 16.7. The van der Waals surface area contributed by atoms with Gasteiger partial charge in [0.25, 0.3) is 6.33 Å². The Kier molecular flexibility index (Phi) is 8.03. The number of benzene rings is 8. The molecule has 11 aromatic rings. The monoisotopic (exact) mass is 1020 g/mol. The molecule has 0 aliphatic rings. The molecule has 0 aliphatic carbocycles. The molecular weight excluding hydrogens is 964 g/mol. The van der Waals surface area contributed by atoms with Gasteiger partial charge in [0.15, 0.2) is 0 Å². The zero-order valence-electron chi connectivity index (χ0n) is 44.8. The van der Waals surface area contributed by atoms with E-state index in [1.54, 1.807) is 57.7 Å². The molecule has 0 unspecified atom stereocenters. The maximum Gasteiger partial charge on any atom is 0.268 e. The van der Waals surface area contributed by atoms with Crippen molar-refractivity contribution < 1.29 is 44.1 Å². The predicted molar refractivity (Wildman–Crippen MR) is 255 cm³/mol. The van der Waals surface area contributed by atoms with Gasteiger partial charge < -0.3 is 13.9 Å². The number of rotatable bonds is 8. The molecule has 3 heterocycles. The van der Waals surface area contributed by atoms with Crippen molar-refractivity contribution in [3.05, 3.63) is 224 Å². The van der Waals surface area contributed by atoms with Gasteiger partial charge in [0.05, 0.1) is 30.4 Å². The van der Waals surface area contributed by atoms with E-state index >= 15 is 0 Å². The summed E-state index contributed by atoms with van der Waals surface area (Å²) >= 11 is 0. The minimum absolute atomic E-state index is 0. The van der Waals surface area contributed by atoms with Crippen LogP contribution in [0.15, 0.2) is 200 Å². The van der Waals surface area contributed by atoms with Gasteiger partial charge in [-0.2, -0.15) is 18.2 Å². The summed E-state index contributed by atoms with van der Waals surface area (Å²) in [7, 11) is 0. The van der Waals surface area contributed by atoms with Gasteiger partial charge in [0.1, 0.15) is 5.82 Å². The number of para-hydroxylation sites is 3. The molecule has 64 heavy (non-hydrogen) atoms. The van der Waals surface area contributed by atoms with Crippen LogP contribution < -0.4 is 9.30 Å². The molecule has 312 valence electrons. The Morgan fingerprint density at radius 1 is 0.594 bits per heavy atom. The van der Waals surface area contributed by atoms with E-state index in [4.69, 9.17) is 23.4 Å². The standard InChI is InChI=1S/C58H42N4O.Pt/c1-58(2,3)42-34-35-59-56(36-42)62-53-30-15-13-27-49(53)50-33-32-45(38-55(50)62)63-44-23-16-22-43(37-44)60-39-61(52-29-14-12-25-47(52)41-20-8-5-9-21-41)57-51(28-17-31-54(57)60)48-26-11-10-24-46(48)40-18-6-4-7-19-40;/h4-36H,1-3H3;/q-2;/i4D,5D,6D,7D,8D,9D,18D,19D,20D,21D;. The number of hydrogen-bond acceptors (Lipinski definition) is 2. The molecule has 0 saturated heterocycles. The summed E-state index contributed by atoms with van der Waals surface area (Å²) in [6, 6.07) is 44.0. The van der Waals surface area contributed by atoms with Crippen molar-refractivity contribution in [2.75, 3.05) is 0 Å². The largest absolute Gasteiger partial charge is 0.510 e. The number of hydrogen-bond donors (Lipinski definition) is 0. The third-order valence-electron chi connectivity index (χ3n) is 11.2. The molecule has 5 nitrogen and oxygen atoms in total. The smallest absolute Gasteiger partial charge is 0.268 e. The van der Waals surface area contributed by atoms with Gasteiger partial charge in [-0.1, -0.05) is 166 Å². The van der Waals surface area contributed by atoms with Crippen molar-refractivity contribution in [3.8, 4) is 62.1 Å². The number of pyridine rings is 1. The molecule has 11 rings (SSSR count). The van der Waals surface area contributed by atoms with Crippen LogP contribution >= 0.6 is 0 Å². The summed E-state index contributed by atoms with van der Waals surface area (Å²) in [5.41, 5.74) is 6.72. The molecule has 0 N–H and O–H groups in total. The third kappa shape index (κ3) is 7.32. The van der Waals surface area contributed by atoms with E-state index in [9.17, 15) is 0 Å². The van der Waals surface area contributed by atoms with Gasteiger partial charge in [0, 0.05) is 44.3 Å². The Morgan fingerprint density at radius 3 is 2.02 bits per heavy atom. The number of fused-ring (bicyclic) bond motifs is 4. The topological polar surface area (TPSA) is 35.9 Å². The molecule has 0 atom stereocenters. The number of ether oxygens (including phenoxy) is 1. The first kappa shape index (κ1) is 30.7. The molecule has 0 bridgehead atoms. The quantitative estimate of drug-likeness (QED) is 0.112. The van der Waals surface area contributed by atoms with Crippen molar-refractivity contribution >= 4 is 32.8 Å². The van der Waals surface area contributed by atoms with E-state index in [0.717, 1.165) is 33.2 Å². The first-order valence-corrected chi connectivity index (χ1v) is 20.5. The van der Waals surface area contributed by atoms with Crippen LogP contribution in [0.25, 0.3) is 83.4 Å². The zero-order chi connectivity index (χ0) is 51.2. The van der Waals surface area contributed by atoms with Crippen LogP contribution in [0.3, 0.4) is 0 Å². The summed E-state index contributed by atoms with van der Waals surface area (Å²) in [5.74, 6) is 1.56. The fraction of sp³-hybridized carbons (Fsp3) is 0.0690. The number of imidazole rings is 1. The summed E-state index contributed by atoms with van der Waals surface area (Å²) in [4.78, 5) is 4.82. The average Bonchev–Trinajstić information content (AvgIpc) is 3.95. The fourth-order valence-corrected chi connectivity index (χ4v) is 8.23. The van der Waals surface area contributed by atoms with Gasteiger partial charge in [-0.25, -0.2) is 4.98 Å². The maximum atomic E-state index is 9.00. The van der Waals surface area contributed by atoms with Gasteiger partial charge in [-0.3, -0.25) is 4.57 Å². The molecule has 0 radical (unpaired) electrons. The van der Waals surface area contributed by atoms with E-state index in [2.05, 4.69) is 62.0 Å². The van der Waals surface area contributed by atoms with Crippen molar-refractivity contribution in [2.24, 2.45) is 0 Å². The van der Waals surface area contributed by atoms with Crippen LogP contribution in [0.5, 0.6) is 11.5 Å². The minimum atomic E-state index is -0.515. The Hall–Kier alpha value is -7.33. The average molecular weight is 1020 g/mol. The second-order valence-corrected chi connectivity index (χ2v) is 16.1. The van der Waals surface area contributed by atoms with Crippen molar-refractivity contribution in [1.82, 2.24) is 14.1 Å². The molecule has 0 fully saturated rings. The van der Waals surface area contributed by atoms with Gasteiger partial charge in [-0.15, -0.1) is 29.7 Å². The Balaban J connectivity index is 0.00000626. The van der Waals surface area contributed by atoms with E-state index < -0.39 is 36.3 Å². The van der Waals surface area contributed by atoms with Crippen LogP contribution in [0, 0.1) is 18.5 Å². The zero-order valence-corrected chi connectivity index (χ0v) is 37.1. The van der Waals surface area contributed by atoms with Crippen molar-refractivity contribution in [3.63, 3.8) is 0 Å². The summed E-state index contributed by atoms with van der Waals surface area (Å²) in [5, 5.41) is 2.03. The van der Waals surface area contributed by atoms with Gasteiger partial charge in [-0.05, 0) is 79.7 Å². The molecule has 3 aromatic heterocycles. The molecule has 0 aliphatic heterocycles. The predicted octanol–water partition coefficient (Wildman–Crippen LogP) is 13.9. The van der Waals surface area contributed by atoms with Crippen molar-refractivity contribution in [1.29, 1.82) is 0 Å². The summed E-state index contributed by atoms with van der Waals surface area (Å²) < 4.78 is 99.0. The summed E-state index contributed by atoms with van der Waals surface area (Å²) in [6.07, 6.45) is 5.35. The van der Waals surface area contributed by atoms with E-state index in [-0.39, 0.29) is 61.8 Å². The first-order chi connectivity index (χ1) is 35.0. The van der Waals surface area contributed by atoms with Crippen LogP contribution in [-0.2, 0) is 26.5 Å². The van der Waals surface area contributed by atoms with Crippen LogP contribution in [0.1, 0.15) is 40.0 Å². The molecular formula is C58H42N4OPt-2. The second-order valence-electron chi connectivity index (χ2n) is 16.1. The number of aromatic nitrogens is 4. The van der Waals surface area contributed by atoms with Gasteiger partial charge in [0.2, 0.25) is 0 Å². The van der Waals surface area contributed by atoms with E-state index in [1.165, 1.54) is 0 Å². The Labute approximate surface area is 401 Å². The van der Waals surface area contributed by atoms with Gasteiger partial charge >= 0.3 is 0 Å². The van der Waals surface area contributed by atoms with Crippen LogP contribution in [0.2, 0.25) is 0 Å². The minimum Gasteiger partial charge on any atom is -0.510 e. The normalized spacial score (nSPS) is 13.7. The van der Waals surface area contributed by atoms with Crippen molar-refractivity contribution in [2.45, 2.75) is 26.2 Å².